The van der Waals surface area contributed by atoms with Gasteiger partial charge in [-0.25, -0.2) is 14.6 Å². The van der Waals surface area contributed by atoms with E-state index in [1.807, 2.05) is 12.1 Å². The van der Waals surface area contributed by atoms with E-state index in [2.05, 4.69) is 20.4 Å². The quantitative estimate of drug-likeness (QED) is 0.871. The Hall–Kier alpha value is -1.66. The maximum Gasteiger partial charge on any atom is 0.229 e. The number of nitrogens with zero attached hydrogens (tertiary/aromatic N) is 4. The summed E-state index contributed by atoms with van der Waals surface area (Å²) in [6.45, 7) is 2.14. The maximum atomic E-state index is 12.0. The number of hydrogen-bond donors (Lipinski definition) is 1. The Morgan fingerprint density at radius 3 is 2.76 bits per heavy atom. The average molecular weight is 326 g/mol. The fourth-order valence-electron chi connectivity index (χ4n) is 2.01. The predicted octanol–water partition coefficient (Wildman–Crippen LogP) is 1.86. The Morgan fingerprint density at radius 1 is 1.48 bits per heavy atom. The highest BCUT2D eigenvalue weighted by molar-refractivity contribution is 6.53. The van der Waals surface area contributed by atoms with Gasteiger partial charge in [-0.1, -0.05) is 6.07 Å². The summed E-state index contributed by atoms with van der Waals surface area (Å²) in [7, 11) is 0. The van der Waals surface area contributed by atoms with E-state index in [0.29, 0.717) is 18.8 Å². The fourth-order valence-corrected chi connectivity index (χ4v) is 2.71. The highest BCUT2D eigenvalue weighted by Gasteiger charge is 2.67. The summed E-state index contributed by atoms with van der Waals surface area (Å²) < 4.78 is 0.606. The van der Waals surface area contributed by atoms with Crippen LogP contribution in [-0.2, 0) is 11.3 Å². The molecule has 8 heteroatoms. The van der Waals surface area contributed by atoms with Gasteiger partial charge < -0.3 is 5.32 Å². The lowest BCUT2D eigenvalue weighted by Crippen LogP contribution is -2.32. The number of aromatic nitrogens is 4. The molecular weight excluding hydrogens is 313 g/mol. The molecule has 1 saturated carbocycles. The molecule has 1 N–H and O–H groups in total. The van der Waals surface area contributed by atoms with Crippen LogP contribution in [0.3, 0.4) is 0 Å². The Kier molecular flexibility index (Phi) is 3.37. The number of nitrogens with one attached hydrogen (secondary N) is 1. The molecule has 0 bridgehead atoms. The van der Waals surface area contributed by atoms with Crippen molar-refractivity contribution in [1.82, 2.24) is 25.1 Å². The van der Waals surface area contributed by atoms with Gasteiger partial charge in [0.05, 0.1) is 5.41 Å². The Morgan fingerprint density at radius 2 is 2.24 bits per heavy atom. The number of alkyl halides is 2. The van der Waals surface area contributed by atoms with E-state index in [9.17, 15) is 4.79 Å². The normalized spacial score (nSPS) is 22.8. The SMILES string of the molecule is C[C@@]1(C(=O)NCc2ccc(-n3cncn3)nc2)CC1(Cl)Cl. The topological polar surface area (TPSA) is 72.7 Å². The fraction of sp³-hybridized carbons (Fsp3) is 0.385. The van der Waals surface area contributed by atoms with E-state index in [0.717, 1.165) is 5.56 Å². The largest absolute Gasteiger partial charge is 0.351 e. The van der Waals surface area contributed by atoms with Crippen LogP contribution in [0, 0.1) is 5.41 Å². The molecule has 0 spiro atoms. The second-order valence-corrected chi connectivity index (χ2v) is 6.74. The van der Waals surface area contributed by atoms with Crippen LogP contribution in [-0.4, -0.2) is 30.0 Å². The van der Waals surface area contributed by atoms with Crippen LogP contribution in [0.15, 0.2) is 31.0 Å². The van der Waals surface area contributed by atoms with Gasteiger partial charge in [0, 0.05) is 12.7 Å². The lowest BCUT2D eigenvalue weighted by molar-refractivity contribution is -0.125. The van der Waals surface area contributed by atoms with Gasteiger partial charge in [-0.15, -0.1) is 23.2 Å². The third-order valence-electron chi connectivity index (χ3n) is 3.67. The molecule has 2 heterocycles. The molecule has 3 rings (SSSR count). The van der Waals surface area contributed by atoms with Crippen LogP contribution in [0.25, 0.3) is 5.82 Å². The predicted molar refractivity (Wildman–Crippen MR) is 78.2 cm³/mol. The molecule has 21 heavy (non-hydrogen) atoms. The minimum Gasteiger partial charge on any atom is -0.351 e. The van der Waals surface area contributed by atoms with Crippen LogP contribution < -0.4 is 5.32 Å². The zero-order chi connectivity index (χ0) is 15.1. The second kappa shape index (κ2) is 4.96. The highest BCUT2D eigenvalue weighted by Crippen LogP contribution is 2.63. The molecule has 2 aromatic rings. The van der Waals surface area contributed by atoms with E-state index < -0.39 is 9.75 Å². The molecule has 1 fully saturated rings. The van der Waals surface area contributed by atoms with Crippen molar-refractivity contribution in [3.05, 3.63) is 36.5 Å². The summed E-state index contributed by atoms with van der Waals surface area (Å²) in [4.78, 5) is 20.2. The van der Waals surface area contributed by atoms with E-state index in [-0.39, 0.29) is 5.91 Å². The number of carbonyl (C=O) groups is 1. The van der Waals surface area contributed by atoms with Gasteiger partial charge in [0.15, 0.2) is 5.82 Å². The third-order valence-corrected chi connectivity index (χ3v) is 4.78. The smallest absolute Gasteiger partial charge is 0.229 e. The average Bonchev–Trinajstić information content (AvgIpc) is 2.87. The molecule has 6 nitrogen and oxygen atoms in total. The van der Waals surface area contributed by atoms with Crippen LogP contribution in [0.4, 0.5) is 0 Å². The number of carbonyl (C=O) groups excluding carboxylic acids is 1. The van der Waals surface area contributed by atoms with Crippen LogP contribution in [0.5, 0.6) is 0 Å². The van der Waals surface area contributed by atoms with Gasteiger partial charge in [0.2, 0.25) is 5.91 Å². The van der Waals surface area contributed by atoms with E-state index in [1.165, 1.54) is 6.33 Å². The molecule has 1 aliphatic rings. The molecule has 0 saturated heterocycles. The highest BCUT2D eigenvalue weighted by atomic mass is 35.5. The van der Waals surface area contributed by atoms with Gasteiger partial charge >= 0.3 is 0 Å². The summed E-state index contributed by atoms with van der Waals surface area (Å²) in [6, 6.07) is 3.68. The number of hydrogen-bond acceptors (Lipinski definition) is 4. The van der Waals surface area contributed by atoms with Gasteiger partial charge in [0.1, 0.15) is 17.0 Å². The van der Waals surface area contributed by atoms with Crippen LogP contribution in [0.1, 0.15) is 18.9 Å². The van der Waals surface area contributed by atoms with Crippen LogP contribution in [0.2, 0.25) is 0 Å². The molecule has 0 radical (unpaired) electrons. The third kappa shape index (κ3) is 2.61. The molecule has 1 aliphatic carbocycles. The zero-order valence-electron chi connectivity index (χ0n) is 11.3. The number of pyridine rings is 1. The zero-order valence-corrected chi connectivity index (χ0v) is 12.8. The van der Waals surface area contributed by atoms with E-state index in [4.69, 9.17) is 23.2 Å². The molecule has 2 aromatic heterocycles. The molecular formula is C13H13Cl2N5O. The molecule has 1 amide bonds. The van der Waals surface area contributed by atoms with E-state index in [1.54, 1.807) is 24.1 Å². The van der Waals surface area contributed by atoms with Gasteiger partial charge in [0.25, 0.3) is 0 Å². The Balaban J connectivity index is 1.60. The van der Waals surface area contributed by atoms with Gasteiger partial charge in [-0.2, -0.15) is 5.10 Å². The monoisotopic (exact) mass is 325 g/mol. The number of halogens is 2. The van der Waals surface area contributed by atoms with Crippen molar-refractivity contribution >= 4 is 29.1 Å². The molecule has 110 valence electrons. The summed E-state index contributed by atoms with van der Waals surface area (Å²) in [5.74, 6) is 0.519. The molecule has 0 aromatic carbocycles. The second-order valence-electron chi connectivity index (χ2n) is 5.26. The first-order valence-electron chi connectivity index (χ1n) is 6.38. The van der Waals surface area contributed by atoms with Crippen molar-refractivity contribution in [3.8, 4) is 5.82 Å². The summed E-state index contributed by atoms with van der Waals surface area (Å²) in [5, 5.41) is 6.82. The molecule has 0 unspecified atom stereocenters. The van der Waals surface area contributed by atoms with E-state index >= 15 is 0 Å². The van der Waals surface area contributed by atoms with Crippen molar-refractivity contribution in [2.24, 2.45) is 5.41 Å². The Bertz CT molecular complexity index is 656. The first-order chi connectivity index (χ1) is 9.92. The van der Waals surface area contributed by atoms with Gasteiger partial charge in [-0.05, 0) is 25.0 Å². The minimum atomic E-state index is -0.952. The maximum absolute atomic E-state index is 12.0. The summed E-state index contributed by atoms with van der Waals surface area (Å²) in [6.07, 6.45) is 5.16. The lowest BCUT2D eigenvalue weighted by Gasteiger charge is -2.12. The first-order valence-corrected chi connectivity index (χ1v) is 7.14. The van der Waals surface area contributed by atoms with Crippen molar-refractivity contribution < 1.29 is 4.79 Å². The Labute approximate surface area is 131 Å². The first kappa shape index (κ1) is 14.3. The van der Waals surface area contributed by atoms with Crippen molar-refractivity contribution in [2.45, 2.75) is 24.2 Å². The van der Waals surface area contributed by atoms with Crippen molar-refractivity contribution in [3.63, 3.8) is 0 Å². The summed E-state index contributed by atoms with van der Waals surface area (Å²) >= 11 is 12.0. The van der Waals surface area contributed by atoms with Crippen molar-refractivity contribution in [1.29, 1.82) is 0 Å². The number of rotatable bonds is 4. The van der Waals surface area contributed by atoms with Gasteiger partial charge in [-0.3, -0.25) is 4.79 Å². The van der Waals surface area contributed by atoms with Crippen molar-refractivity contribution in [2.75, 3.05) is 0 Å². The lowest BCUT2D eigenvalue weighted by atomic mass is 10.1. The molecule has 1 atom stereocenters. The number of amides is 1. The summed E-state index contributed by atoms with van der Waals surface area (Å²) in [5.41, 5.74) is 0.177. The molecule has 0 aliphatic heterocycles. The standard InChI is InChI=1S/C13H13Cl2N5O/c1-12(6-13(12,14)15)11(21)18-5-9-2-3-10(17-4-9)20-8-16-7-19-20/h2-4,7-8H,5-6H2,1H3,(H,18,21)/t12-/m0/s1. The minimum absolute atomic E-state index is 0.146. The van der Waals surface area contributed by atoms with Crippen LogP contribution >= 0.6 is 23.2 Å².